The lowest BCUT2D eigenvalue weighted by Gasteiger charge is -2.25. The van der Waals surface area contributed by atoms with Gasteiger partial charge in [0.25, 0.3) is 0 Å². The molecular weight excluding hydrogens is 220 g/mol. The number of anilines is 2. The van der Waals surface area contributed by atoms with Crippen molar-refractivity contribution < 1.29 is 14.3 Å². The third-order valence-corrected chi connectivity index (χ3v) is 2.58. The summed E-state index contributed by atoms with van der Waals surface area (Å²) in [4.78, 5) is 11.6. The van der Waals surface area contributed by atoms with Crippen molar-refractivity contribution in [2.24, 2.45) is 0 Å². The Balaban J connectivity index is 1.84. The maximum absolute atomic E-state index is 11.6. The van der Waals surface area contributed by atoms with E-state index in [9.17, 15) is 4.79 Å². The Hall–Kier alpha value is -1.59. The maximum Gasteiger partial charge on any atom is 0.250 e. The molecule has 2 rings (SSSR count). The summed E-state index contributed by atoms with van der Waals surface area (Å²) in [5, 5.41) is 2.78. The van der Waals surface area contributed by atoms with Crippen molar-refractivity contribution in [2.75, 3.05) is 30.9 Å². The molecule has 1 aliphatic rings. The number of aryl methyl sites for hydroxylation is 1. The molecule has 0 spiro atoms. The monoisotopic (exact) mass is 236 g/mol. The van der Waals surface area contributed by atoms with Gasteiger partial charge in [-0.05, 0) is 30.7 Å². The van der Waals surface area contributed by atoms with Gasteiger partial charge in [-0.2, -0.15) is 0 Å². The third-order valence-electron chi connectivity index (χ3n) is 2.58. The van der Waals surface area contributed by atoms with Crippen LogP contribution < -0.4 is 11.1 Å². The first-order valence-corrected chi connectivity index (χ1v) is 5.50. The Morgan fingerprint density at radius 1 is 1.59 bits per heavy atom. The minimum atomic E-state index is -0.162. The molecule has 3 N–H and O–H groups in total. The molecule has 0 unspecified atom stereocenters. The first kappa shape index (κ1) is 11.9. The van der Waals surface area contributed by atoms with Gasteiger partial charge in [-0.1, -0.05) is 0 Å². The largest absolute Gasteiger partial charge is 0.399 e. The highest BCUT2D eigenvalue weighted by Gasteiger charge is 2.19. The molecule has 17 heavy (non-hydrogen) atoms. The SMILES string of the molecule is Cc1cc(N)ccc1NC(=O)COC1COC1. The molecule has 5 nitrogen and oxygen atoms in total. The molecule has 0 bridgehead atoms. The van der Waals surface area contributed by atoms with Crippen molar-refractivity contribution in [3.63, 3.8) is 0 Å². The smallest absolute Gasteiger partial charge is 0.250 e. The standard InChI is InChI=1S/C12H16N2O3/c1-8-4-9(13)2-3-11(8)14-12(15)7-17-10-5-16-6-10/h2-4,10H,5-7,13H2,1H3,(H,14,15). The van der Waals surface area contributed by atoms with Crippen LogP contribution in [0.15, 0.2) is 18.2 Å². The van der Waals surface area contributed by atoms with Crippen LogP contribution in [0.25, 0.3) is 0 Å². The average Bonchev–Trinajstić information content (AvgIpc) is 2.20. The number of ether oxygens (including phenoxy) is 2. The van der Waals surface area contributed by atoms with E-state index in [2.05, 4.69) is 5.32 Å². The highest BCUT2D eigenvalue weighted by molar-refractivity contribution is 5.92. The van der Waals surface area contributed by atoms with Crippen molar-refractivity contribution in [3.05, 3.63) is 23.8 Å². The van der Waals surface area contributed by atoms with Gasteiger partial charge in [0.15, 0.2) is 0 Å². The van der Waals surface area contributed by atoms with E-state index in [0.29, 0.717) is 18.9 Å². The summed E-state index contributed by atoms with van der Waals surface area (Å²) in [6.07, 6.45) is 0.0632. The molecule has 0 radical (unpaired) electrons. The number of nitrogen functional groups attached to an aromatic ring is 1. The first-order chi connectivity index (χ1) is 8.15. The number of rotatable bonds is 4. The molecule has 0 aromatic heterocycles. The summed E-state index contributed by atoms with van der Waals surface area (Å²) < 4.78 is 10.3. The lowest BCUT2D eigenvalue weighted by Crippen LogP contribution is -2.38. The average molecular weight is 236 g/mol. The van der Waals surface area contributed by atoms with E-state index in [1.54, 1.807) is 12.1 Å². The minimum absolute atomic E-state index is 0.0534. The van der Waals surface area contributed by atoms with Crippen molar-refractivity contribution in [1.82, 2.24) is 0 Å². The van der Waals surface area contributed by atoms with E-state index >= 15 is 0 Å². The number of nitrogens with two attached hydrogens (primary N) is 1. The summed E-state index contributed by atoms with van der Waals surface area (Å²) in [5.41, 5.74) is 8.01. The highest BCUT2D eigenvalue weighted by Crippen LogP contribution is 2.17. The fourth-order valence-electron chi connectivity index (χ4n) is 1.52. The molecule has 1 fully saturated rings. The molecule has 1 aromatic rings. The zero-order valence-corrected chi connectivity index (χ0v) is 9.73. The van der Waals surface area contributed by atoms with Gasteiger partial charge in [0.05, 0.1) is 13.2 Å². The molecule has 1 amide bonds. The molecule has 92 valence electrons. The second-order valence-electron chi connectivity index (χ2n) is 4.09. The van der Waals surface area contributed by atoms with Crippen LogP contribution >= 0.6 is 0 Å². The maximum atomic E-state index is 11.6. The first-order valence-electron chi connectivity index (χ1n) is 5.50. The fourth-order valence-corrected chi connectivity index (χ4v) is 1.52. The van der Waals surface area contributed by atoms with Crippen LogP contribution in [0.3, 0.4) is 0 Å². The predicted molar refractivity (Wildman–Crippen MR) is 64.8 cm³/mol. The predicted octanol–water partition coefficient (Wildman–Crippen LogP) is 0.931. The lowest BCUT2D eigenvalue weighted by molar-refractivity contribution is -0.144. The summed E-state index contributed by atoms with van der Waals surface area (Å²) in [6.45, 7) is 3.10. The number of hydrogen-bond donors (Lipinski definition) is 2. The Morgan fingerprint density at radius 3 is 2.94 bits per heavy atom. The molecule has 1 aromatic carbocycles. The molecule has 1 saturated heterocycles. The second-order valence-corrected chi connectivity index (χ2v) is 4.09. The van der Waals surface area contributed by atoms with Gasteiger partial charge in [-0.25, -0.2) is 0 Å². The zero-order valence-electron chi connectivity index (χ0n) is 9.73. The van der Waals surface area contributed by atoms with Crippen molar-refractivity contribution in [3.8, 4) is 0 Å². The van der Waals surface area contributed by atoms with Gasteiger partial charge in [0.1, 0.15) is 12.7 Å². The zero-order chi connectivity index (χ0) is 12.3. The quantitative estimate of drug-likeness (QED) is 0.763. The highest BCUT2D eigenvalue weighted by atomic mass is 16.6. The van der Waals surface area contributed by atoms with Crippen LogP contribution in [-0.2, 0) is 14.3 Å². The normalized spacial score (nSPS) is 15.4. The van der Waals surface area contributed by atoms with Crippen molar-refractivity contribution >= 4 is 17.3 Å². The Kier molecular flexibility index (Phi) is 3.61. The van der Waals surface area contributed by atoms with Gasteiger partial charge in [0.2, 0.25) is 5.91 Å². The number of carbonyl (C=O) groups excluding carboxylic acids is 1. The van der Waals surface area contributed by atoms with Gasteiger partial charge < -0.3 is 20.5 Å². The van der Waals surface area contributed by atoms with Crippen LogP contribution in [0.5, 0.6) is 0 Å². The molecule has 1 aliphatic heterocycles. The molecule has 0 saturated carbocycles. The Labute approximate surface area is 99.9 Å². The van der Waals surface area contributed by atoms with Gasteiger partial charge in [0, 0.05) is 11.4 Å². The summed E-state index contributed by atoms with van der Waals surface area (Å²) in [7, 11) is 0. The Morgan fingerprint density at radius 2 is 2.35 bits per heavy atom. The third kappa shape index (κ3) is 3.18. The number of nitrogens with one attached hydrogen (secondary N) is 1. The van der Waals surface area contributed by atoms with E-state index in [-0.39, 0.29) is 18.6 Å². The van der Waals surface area contributed by atoms with E-state index in [0.717, 1.165) is 11.3 Å². The van der Waals surface area contributed by atoms with E-state index in [1.807, 2.05) is 13.0 Å². The molecule has 0 aliphatic carbocycles. The number of benzene rings is 1. The molecule has 0 atom stereocenters. The van der Waals surface area contributed by atoms with Crippen LogP contribution in [0.4, 0.5) is 11.4 Å². The molecule has 5 heteroatoms. The van der Waals surface area contributed by atoms with Crippen molar-refractivity contribution in [2.45, 2.75) is 13.0 Å². The van der Waals surface area contributed by atoms with Crippen LogP contribution in [0, 0.1) is 6.92 Å². The van der Waals surface area contributed by atoms with Crippen LogP contribution in [-0.4, -0.2) is 31.8 Å². The van der Waals surface area contributed by atoms with Crippen LogP contribution in [0.2, 0.25) is 0 Å². The second kappa shape index (κ2) is 5.16. The van der Waals surface area contributed by atoms with Gasteiger partial charge in [-0.15, -0.1) is 0 Å². The Bertz CT molecular complexity index is 416. The van der Waals surface area contributed by atoms with Gasteiger partial charge in [-0.3, -0.25) is 4.79 Å². The number of hydrogen-bond acceptors (Lipinski definition) is 4. The van der Waals surface area contributed by atoms with Crippen LogP contribution in [0.1, 0.15) is 5.56 Å². The summed E-state index contributed by atoms with van der Waals surface area (Å²) in [6, 6.07) is 5.36. The molecular formula is C12H16N2O3. The summed E-state index contributed by atoms with van der Waals surface area (Å²) in [5.74, 6) is -0.162. The van der Waals surface area contributed by atoms with E-state index < -0.39 is 0 Å². The van der Waals surface area contributed by atoms with Gasteiger partial charge >= 0.3 is 0 Å². The van der Waals surface area contributed by atoms with E-state index in [4.69, 9.17) is 15.2 Å². The van der Waals surface area contributed by atoms with E-state index in [1.165, 1.54) is 0 Å². The fraction of sp³-hybridized carbons (Fsp3) is 0.417. The summed E-state index contributed by atoms with van der Waals surface area (Å²) >= 11 is 0. The number of carbonyl (C=O) groups is 1. The lowest BCUT2D eigenvalue weighted by atomic mass is 10.2. The topological polar surface area (TPSA) is 73.6 Å². The molecule has 1 heterocycles. The minimum Gasteiger partial charge on any atom is -0.399 e. The van der Waals surface area contributed by atoms with Crippen molar-refractivity contribution in [1.29, 1.82) is 0 Å². The number of amides is 1.